The lowest BCUT2D eigenvalue weighted by Gasteiger charge is -2.40. The maximum atomic E-state index is 14.6. The fraction of sp³-hybridized carbons (Fsp3) is 0.462. The first kappa shape index (κ1) is 28.4. The summed E-state index contributed by atoms with van der Waals surface area (Å²) in [6, 6.07) is 10.6. The van der Waals surface area contributed by atoms with Crippen molar-refractivity contribution in [3.8, 4) is 11.3 Å². The molecule has 0 radical (unpaired) electrons. The number of benzene rings is 1. The van der Waals surface area contributed by atoms with Crippen molar-refractivity contribution in [2.24, 2.45) is 11.1 Å². The van der Waals surface area contributed by atoms with Gasteiger partial charge in [-0.05, 0) is 17.5 Å². The van der Waals surface area contributed by atoms with Crippen LogP contribution in [0.15, 0.2) is 53.1 Å². The molecular formula is C26H32F4N4O3. The molecule has 3 aromatic rings. The third-order valence-corrected chi connectivity index (χ3v) is 5.76. The zero-order valence-electron chi connectivity index (χ0n) is 21.3. The van der Waals surface area contributed by atoms with E-state index in [1.165, 1.54) is 18.1 Å². The largest absolute Gasteiger partial charge is 0.455 e. The van der Waals surface area contributed by atoms with Gasteiger partial charge in [-0.15, -0.1) is 0 Å². The Kier molecular flexibility index (Phi) is 8.80. The predicted octanol–water partition coefficient (Wildman–Crippen LogP) is 5.07. The molecular weight excluding hydrogens is 492 g/mol. The van der Waals surface area contributed by atoms with Crippen LogP contribution in [-0.4, -0.2) is 53.3 Å². The van der Waals surface area contributed by atoms with Crippen LogP contribution in [0.2, 0.25) is 0 Å². The number of carbonyl (C=O) groups is 1. The number of amides is 1. The average molecular weight is 525 g/mol. The fourth-order valence-electron chi connectivity index (χ4n) is 4.15. The minimum Gasteiger partial charge on any atom is -0.455 e. The van der Waals surface area contributed by atoms with E-state index in [4.69, 9.17) is 19.9 Å². The summed E-state index contributed by atoms with van der Waals surface area (Å²) in [5.41, 5.74) is 6.18. The van der Waals surface area contributed by atoms with Gasteiger partial charge >= 0.3 is 6.18 Å². The first-order chi connectivity index (χ1) is 17.3. The number of carbonyl (C=O) groups excluding carboxylic acids is 1. The van der Waals surface area contributed by atoms with Crippen LogP contribution in [0, 0.1) is 5.41 Å². The standard InChI is InChI=1S/C26H32F4N4O3/c1-25(2,3)23(34(13-18(27)12-31)22(35)16-36-4)24-32-20(17-8-6-5-7-9-17)15-33(24)14-19-10-11-21(37-19)26(28,29)30/h5-11,15,18,23H,12-14,16,31H2,1-4H3/t18-,23-/m0/s1. The number of aromatic nitrogens is 2. The Bertz CT molecular complexity index is 1170. The van der Waals surface area contributed by atoms with Crippen molar-refractivity contribution in [3.05, 3.63) is 66.0 Å². The number of nitrogens with zero attached hydrogens (tertiary/aromatic N) is 3. The molecule has 0 spiro atoms. The van der Waals surface area contributed by atoms with Gasteiger partial charge in [0, 0.05) is 25.4 Å². The van der Waals surface area contributed by atoms with E-state index in [9.17, 15) is 22.4 Å². The number of imidazole rings is 1. The van der Waals surface area contributed by atoms with Crippen LogP contribution >= 0.6 is 0 Å². The van der Waals surface area contributed by atoms with Crippen LogP contribution in [0.1, 0.15) is 44.2 Å². The van der Waals surface area contributed by atoms with Gasteiger partial charge in [0.25, 0.3) is 0 Å². The monoisotopic (exact) mass is 524 g/mol. The number of furan rings is 1. The van der Waals surface area contributed by atoms with Gasteiger partial charge in [0.05, 0.1) is 24.8 Å². The third-order valence-electron chi connectivity index (χ3n) is 5.76. The van der Waals surface area contributed by atoms with Crippen LogP contribution in [0.25, 0.3) is 11.3 Å². The van der Waals surface area contributed by atoms with Crippen molar-refractivity contribution in [1.82, 2.24) is 14.5 Å². The summed E-state index contributed by atoms with van der Waals surface area (Å²) in [5, 5.41) is 0. The molecule has 0 aliphatic rings. The molecule has 37 heavy (non-hydrogen) atoms. The number of methoxy groups -OCH3 is 1. The Labute approximate surface area is 213 Å². The summed E-state index contributed by atoms with van der Waals surface area (Å²) in [7, 11) is 1.36. The molecule has 2 heterocycles. The van der Waals surface area contributed by atoms with Gasteiger partial charge in [0.1, 0.15) is 24.4 Å². The van der Waals surface area contributed by atoms with Crippen molar-refractivity contribution in [2.45, 2.75) is 45.7 Å². The number of rotatable bonds is 10. The van der Waals surface area contributed by atoms with E-state index >= 15 is 0 Å². The third kappa shape index (κ3) is 6.98. The molecule has 0 bridgehead atoms. The Morgan fingerprint density at radius 2 is 1.84 bits per heavy atom. The van der Waals surface area contributed by atoms with Crippen LogP contribution in [0.3, 0.4) is 0 Å². The van der Waals surface area contributed by atoms with Crippen molar-refractivity contribution >= 4 is 5.91 Å². The first-order valence-corrected chi connectivity index (χ1v) is 11.8. The van der Waals surface area contributed by atoms with Gasteiger partial charge in [-0.2, -0.15) is 13.2 Å². The number of hydrogen-bond donors (Lipinski definition) is 1. The zero-order chi connectivity index (χ0) is 27.4. The van der Waals surface area contributed by atoms with E-state index in [0.29, 0.717) is 11.5 Å². The summed E-state index contributed by atoms with van der Waals surface area (Å²) >= 11 is 0. The van der Waals surface area contributed by atoms with Crippen LogP contribution in [-0.2, 0) is 22.3 Å². The van der Waals surface area contributed by atoms with E-state index in [1.54, 1.807) is 10.8 Å². The van der Waals surface area contributed by atoms with Gasteiger partial charge in [0.2, 0.25) is 11.7 Å². The molecule has 1 aromatic carbocycles. The van der Waals surface area contributed by atoms with Gasteiger partial charge in [-0.25, -0.2) is 9.37 Å². The van der Waals surface area contributed by atoms with Crippen molar-refractivity contribution in [2.75, 3.05) is 26.8 Å². The highest BCUT2D eigenvalue weighted by molar-refractivity contribution is 5.78. The van der Waals surface area contributed by atoms with Crippen LogP contribution in [0.4, 0.5) is 17.6 Å². The zero-order valence-corrected chi connectivity index (χ0v) is 21.3. The molecule has 0 unspecified atom stereocenters. The lowest BCUT2D eigenvalue weighted by molar-refractivity contribution is -0.153. The molecule has 11 heteroatoms. The molecule has 2 aromatic heterocycles. The lowest BCUT2D eigenvalue weighted by atomic mass is 9.84. The van der Waals surface area contributed by atoms with Crippen molar-refractivity contribution < 1.29 is 31.5 Å². The van der Waals surface area contributed by atoms with Crippen LogP contribution in [0.5, 0.6) is 0 Å². The predicted molar refractivity (Wildman–Crippen MR) is 130 cm³/mol. The van der Waals surface area contributed by atoms with E-state index in [0.717, 1.165) is 11.6 Å². The van der Waals surface area contributed by atoms with Gasteiger partial charge < -0.3 is 24.4 Å². The number of nitrogens with two attached hydrogens (primary N) is 1. The maximum absolute atomic E-state index is 14.6. The number of hydrogen-bond acceptors (Lipinski definition) is 5. The van der Waals surface area contributed by atoms with E-state index < -0.39 is 35.5 Å². The summed E-state index contributed by atoms with van der Waals surface area (Å²) in [5.74, 6) is -1.16. The first-order valence-electron chi connectivity index (χ1n) is 11.8. The summed E-state index contributed by atoms with van der Waals surface area (Å²) in [6.45, 7) is 4.66. The molecule has 7 nitrogen and oxygen atoms in total. The molecule has 2 N–H and O–H groups in total. The molecule has 202 valence electrons. The van der Waals surface area contributed by atoms with E-state index in [2.05, 4.69) is 0 Å². The SMILES string of the molecule is COCC(=O)N(C[C@@H](F)CN)[C@@H](c1nc(-c2ccccc2)cn1Cc1ccc(C(F)(F)F)o1)C(C)(C)C. The highest BCUT2D eigenvalue weighted by Gasteiger charge is 2.40. The molecule has 0 aliphatic carbocycles. The second kappa shape index (κ2) is 11.5. The van der Waals surface area contributed by atoms with Crippen LogP contribution < -0.4 is 5.73 Å². The normalized spacial score (nSPS) is 14.0. The Morgan fingerprint density at radius 1 is 1.16 bits per heavy atom. The second-order valence-corrected chi connectivity index (χ2v) is 9.82. The summed E-state index contributed by atoms with van der Waals surface area (Å²) in [4.78, 5) is 19.3. The smallest absolute Gasteiger partial charge is 0.449 e. The highest BCUT2D eigenvalue weighted by atomic mass is 19.4. The quantitative estimate of drug-likeness (QED) is 0.375. The Hall–Kier alpha value is -3.18. The molecule has 0 saturated heterocycles. The molecule has 0 aliphatic heterocycles. The highest BCUT2D eigenvalue weighted by Crippen LogP contribution is 2.39. The minimum absolute atomic E-state index is 0.0540. The fourth-order valence-corrected chi connectivity index (χ4v) is 4.15. The number of ether oxygens (including phenoxy) is 1. The minimum atomic E-state index is -4.62. The Balaban J connectivity index is 2.16. The maximum Gasteiger partial charge on any atom is 0.449 e. The van der Waals surface area contributed by atoms with Gasteiger partial charge in [-0.3, -0.25) is 4.79 Å². The average Bonchev–Trinajstić information content (AvgIpc) is 3.46. The Morgan fingerprint density at radius 3 is 2.38 bits per heavy atom. The molecule has 2 atom stereocenters. The van der Waals surface area contributed by atoms with E-state index in [-0.39, 0.29) is 32.0 Å². The van der Waals surface area contributed by atoms with Gasteiger partial charge in [-0.1, -0.05) is 51.1 Å². The van der Waals surface area contributed by atoms with E-state index in [1.807, 2.05) is 51.1 Å². The summed E-state index contributed by atoms with van der Waals surface area (Å²) < 4.78 is 65.7. The molecule has 1 amide bonds. The van der Waals surface area contributed by atoms with Crippen molar-refractivity contribution in [1.29, 1.82) is 0 Å². The number of halogens is 4. The second-order valence-electron chi connectivity index (χ2n) is 9.82. The topological polar surface area (TPSA) is 86.5 Å². The molecule has 0 saturated carbocycles. The van der Waals surface area contributed by atoms with Gasteiger partial charge in [0.15, 0.2) is 0 Å². The lowest BCUT2D eigenvalue weighted by Crippen LogP contribution is -2.47. The molecule has 0 fully saturated rings. The summed E-state index contributed by atoms with van der Waals surface area (Å²) in [6.07, 6.45) is -4.43. The van der Waals surface area contributed by atoms with Crippen molar-refractivity contribution in [3.63, 3.8) is 0 Å². The number of alkyl halides is 4. The molecule has 3 rings (SSSR count).